The largest absolute Gasteiger partial charge is 0.493 e. The third-order valence-electron chi connectivity index (χ3n) is 6.74. The van der Waals surface area contributed by atoms with Gasteiger partial charge in [-0.05, 0) is 65.9 Å². The fourth-order valence-corrected chi connectivity index (χ4v) is 5.92. The second-order valence-electron chi connectivity index (χ2n) is 8.65. The molecule has 0 aliphatic carbocycles. The Balaban J connectivity index is 1.35. The average molecular weight is 482 g/mol. The fourth-order valence-electron chi connectivity index (χ4n) is 5.09. The first kappa shape index (κ1) is 21.4. The molecule has 3 aromatic rings. The lowest BCUT2D eigenvalue weighted by molar-refractivity contribution is 0.152. The third kappa shape index (κ3) is 3.71. The standard InChI is InChI=1S/C26H24FNO5S/c1-30-23-6-5-16-11-22-20-14-25-24(31-9-10-32-25)12-17(20)7-8-28(22)15-21(16)26(23)33-34(29)19-4-2-3-18(27)13-19/h2-6,12-14,22H,7-11,15H2,1H3. The van der Waals surface area contributed by atoms with Crippen LogP contribution in [0, 0.1) is 5.82 Å². The van der Waals surface area contributed by atoms with Crippen molar-refractivity contribution in [2.45, 2.75) is 30.3 Å². The number of halogens is 1. The van der Waals surface area contributed by atoms with Gasteiger partial charge in [0, 0.05) is 24.7 Å². The maximum atomic E-state index is 13.7. The summed E-state index contributed by atoms with van der Waals surface area (Å²) in [5, 5.41) is 0. The fraction of sp³-hybridized carbons (Fsp3) is 0.308. The predicted molar refractivity (Wildman–Crippen MR) is 124 cm³/mol. The highest BCUT2D eigenvalue weighted by Crippen LogP contribution is 2.46. The van der Waals surface area contributed by atoms with Crippen molar-refractivity contribution in [3.8, 4) is 23.0 Å². The van der Waals surface area contributed by atoms with E-state index in [1.54, 1.807) is 13.2 Å². The van der Waals surface area contributed by atoms with Crippen molar-refractivity contribution in [3.05, 3.63) is 76.6 Å². The van der Waals surface area contributed by atoms with Gasteiger partial charge < -0.3 is 18.4 Å². The van der Waals surface area contributed by atoms with Crippen LogP contribution >= 0.6 is 0 Å². The molecule has 0 amide bonds. The molecule has 2 atom stereocenters. The number of nitrogens with zero attached hydrogens (tertiary/aromatic N) is 1. The van der Waals surface area contributed by atoms with E-state index in [9.17, 15) is 8.60 Å². The Kier molecular flexibility index (Phi) is 5.42. The molecule has 6 rings (SSSR count). The van der Waals surface area contributed by atoms with Gasteiger partial charge >= 0.3 is 0 Å². The molecule has 0 aromatic heterocycles. The molecule has 3 aliphatic rings. The molecule has 0 radical (unpaired) electrons. The number of methoxy groups -OCH3 is 1. The Hall–Kier alpha value is -3.10. The summed E-state index contributed by atoms with van der Waals surface area (Å²) in [5.41, 5.74) is 4.64. The second kappa shape index (κ2) is 8.60. The summed E-state index contributed by atoms with van der Waals surface area (Å²) in [6.45, 7) is 2.67. The normalized spacial score (nSPS) is 19.4. The van der Waals surface area contributed by atoms with Crippen LogP contribution in [0.5, 0.6) is 23.0 Å². The number of rotatable bonds is 4. The van der Waals surface area contributed by atoms with Crippen molar-refractivity contribution >= 4 is 11.1 Å². The van der Waals surface area contributed by atoms with E-state index in [0.717, 1.165) is 42.0 Å². The third-order valence-corrected chi connectivity index (χ3v) is 7.69. The van der Waals surface area contributed by atoms with E-state index in [1.165, 1.54) is 29.3 Å². The van der Waals surface area contributed by atoms with Gasteiger partial charge in [-0.15, -0.1) is 0 Å². The molecule has 2 unspecified atom stereocenters. The first-order valence-electron chi connectivity index (χ1n) is 11.3. The summed E-state index contributed by atoms with van der Waals surface area (Å²) in [5.74, 6) is 2.15. The highest BCUT2D eigenvalue weighted by molar-refractivity contribution is 7.80. The van der Waals surface area contributed by atoms with Crippen molar-refractivity contribution in [2.75, 3.05) is 26.9 Å². The lowest BCUT2D eigenvalue weighted by Crippen LogP contribution is -2.39. The number of fused-ring (bicyclic) bond motifs is 5. The Labute approximate surface area is 199 Å². The SMILES string of the molecule is COc1ccc2c(c1OS(=O)c1cccc(F)c1)CN1CCc3cc4c(cc3C1C2)OCCO4. The van der Waals surface area contributed by atoms with E-state index >= 15 is 0 Å². The van der Waals surface area contributed by atoms with Crippen LogP contribution in [0.3, 0.4) is 0 Å². The van der Waals surface area contributed by atoms with Gasteiger partial charge in [0.2, 0.25) is 11.1 Å². The van der Waals surface area contributed by atoms with Gasteiger partial charge in [-0.2, -0.15) is 0 Å². The first-order valence-corrected chi connectivity index (χ1v) is 12.4. The summed E-state index contributed by atoms with van der Waals surface area (Å²) >= 11 is -1.87. The number of hydrogen-bond donors (Lipinski definition) is 0. The van der Waals surface area contributed by atoms with Gasteiger partial charge in [-0.1, -0.05) is 12.1 Å². The second-order valence-corrected chi connectivity index (χ2v) is 9.75. The summed E-state index contributed by atoms with van der Waals surface area (Å²) in [7, 11) is 1.56. The van der Waals surface area contributed by atoms with Gasteiger partial charge in [0.25, 0.3) is 0 Å². The molecular weight excluding hydrogens is 457 g/mol. The molecule has 0 spiro atoms. The van der Waals surface area contributed by atoms with Crippen molar-refractivity contribution in [1.29, 1.82) is 0 Å². The monoisotopic (exact) mass is 481 g/mol. The lowest BCUT2D eigenvalue weighted by Gasteiger charge is -2.42. The summed E-state index contributed by atoms with van der Waals surface area (Å²) in [4.78, 5) is 2.69. The van der Waals surface area contributed by atoms with Crippen molar-refractivity contribution in [3.63, 3.8) is 0 Å². The highest BCUT2D eigenvalue weighted by Gasteiger charge is 2.36. The van der Waals surface area contributed by atoms with Gasteiger partial charge in [0.1, 0.15) is 19.0 Å². The zero-order chi connectivity index (χ0) is 23.2. The van der Waals surface area contributed by atoms with Crippen LogP contribution in [0.25, 0.3) is 0 Å². The van der Waals surface area contributed by atoms with Crippen LogP contribution in [0.2, 0.25) is 0 Å². The first-order chi connectivity index (χ1) is 16.6. The zero-order valence-electron chi connectivity index (χ0n) is 18.7. The molecule has 0 bridgehead atoms. The Morgan fingerprint density at radius 1 is 1.06 bits per heavy atom. The quantitative estimate of drug-likeness (QED) is 0.552. The number of hydrogen-bond acceptors (Lipinski definition) is 6. The minimum atomic E-state index is -1.87. The molecule has 6 nitrogen and oxygen atoms in total. The molecule has 34 heavy (non-hydrogen) atoms. The van der Waals surface area contributed by atoms with Crippen molar-refractivity contribution in [1.82, 2.24) is 4.90 Å². The maximum absolute atomic E-state index is 13.7. The maximum Gasteiger partial charge on any atom is 0.240 e. The predicted octanol–water partition coefficient (Wildman–Crippen LogP) is 4.36. The van der Waals surface area contributed by atoms with Gasteiger partial charge in [0.15, 0.2) is 23.0 Å². The number of benzene rings is 3. The Bertz CT molecular complexity index is 1300. The lowest BCUT2D eigenvalue weighted by atomic mass is 9.83. The molecule has 0 saturated carbocycles. The molecule has 176 valence electrons. The van der Waals surface area contributed by atoms with E-state index in [-0.39, 0.29) is 10.9 Å². The molecule has 3 heterocycles. The van der Waals surface area contributed by atoms with Crippen LogP contribution in [0.4, 0.5) is 4.39 Å². The molecule has 3 aromatic carbocycles. The highest BCUT2D eigenvalue weighted by atomic mass is 32.2. The topological polar surface area (TPSA) is 57.2 Å². The van der Waals surface area contributed by atoms with E-state index in [2.05, 4.69) is 23.1 Å². The van der Waals surface area contributed by atoms with Gasteiger partial charge in [-0.3, -0.25) is 4.90 Å². The van der Waals surface area contributed by atoms with Gasteiger partial charge in [0.05, 0.1) is 12.0 Å². The molecule has 0 N–H and O–H groups in total. The van der Waals surface area contributed by atoms with Crippen LogP contribution < -0.4 is 18.4 Å². The van der Waals surface area contributed by atoms with E-state index < -0.39 is 16.9 Å². The van der Waals surface area contributed by atoms with Crippen molar-refractivity contribution < 1.29 is 27.0 Å². The summed E-state index contributed by atoms with van der Waals surface area (Å²) in [6.07, 6.45) is 1.70. The Morgan fingerprint density at radius 3 is 2.68 bits per heavy atom. The molecule has 0 saturated heterocycles. The zero-order valence-corrected chi connectivity index (χ0v) is 19.5. The van der Waals surface area contributed by atoms with E-state index in [1.807, 2.05) is 6.07 Å². The van der Waals surface area contributed by atoms with E-state index in [4.69, 9.17) is 18.4 Å². The van der Waals surface area contributed by atoms with Gasteiger partial charge in [-0.25, -0.2) is 8.60 Å². The average Bonchev–Trinajstić information content (AvgIpc) is 2.86. The minimum Gasteiger partial charge on any atom is -0.493 e. The van der Waals surface area contributed by atoms with Crippen LogP contribution in [-0.4, -0.2) is 36.0 Å². The van der Waals surface area contributed by atoms with Crippen LogP contribution in [-0.2, 0) is 30.5 Å². The van der Waals surface area contributed by atoms with Crippen LogP contribution in [0.15, 0.2) is 53.4 Å². The Morgan fingerprint density at radius 2 is 1.88 bits per heavy atom. The van der Waals surface area contributed by atoms with Crippen LogP contribution in [0.1, 0.15) is 28.3 Å². The molecule has 3 aliphatic heterocycles. The summed E-state index contributed by atoms with van der Waals surface area (Å²) < 4.78 is 49.7. The molecule has 8 heteroatoms. The smallest absolute Gasteiger partial charge is 0.240 e. The minimum absolute atomic E-state index is 0.210. The number of ether oxygens (including phenoxy) is 3. The molecule has 0 fully saturated rings. The van der Waals surface area contributed by atoms with E-state index in [0.29, 0.717) is 31.3 Å². The molecular formula is C26H24FNO5S. The summed E-state index contributed by atoms with van der Waals surface area (Å²) in [6, 6.07) is 14.0. The van der Waals surface area contributed by atoms with Crippen molar-refractivity contribution in [2.24, 2.45) is 0 Å².